The number of hydrogen-bond donors (Lipinski definition) is 1. The lowest BCUT2D eigenvalue weighted by Gasteiger charge is -2.32. The van der Waals surface area contributed by atoms with E-state index in [1.54, 1.807) is 5.06 Å². The Labute approximate surface area is 229 Å². The number of benzene rings is 2. The monoisotopic (exact) mass is 532 g/mol. The molecule has 1 aromatic heterocycles. The van der Waals surface area contributed by atoms with Crippen LogP contribution in [0.3, 0.4) is 0 Å². The van der Waals surface area contributed by atoms with Gasteiger partial charge in [-0.1, -0.05) is 60.7 Å². The number of hydrogen-bond acceptors (Lipinski definition) is 9. The van der Waals surface area contributed by atoms with E-state index in [1.807, 2.05) is 86.3 Å². The number of carbonyl (C=O) groups is 1. The first-order chi connectivity index (χ1) is 18.7. The van der Waals surface area contributed by atoms with E-state index in [4.69, 9.17) is 4.84 Å². The Kier molecular flexibility index (Phi) is 9.08. The molecule has 10 heteroatoms. The standard InChI is InChI=1S/C29H36N6O4/c1-29(2,3)28(36)39-34-16-14-22(15-17-34)18-30-26-25(35(37)38)27(32-21-31-26)33(19-23-10-6-4-7-11-23)20-24-12-8-5-9-13-24/h4-13,21-22H,14-20H2,1-3H3,(H,30,31,32). The Hall–Kier alpha value is -4.05. The van der Waals surface area contributed by atoms with Crippen molar-refractivity contribution >= 4 is 23.3 Å². The topological polar surface area (TPSA) is 114 Å². The second kappa shape index (κ2) is 12.7. The zero-order valence-corrected chi connectivity index (χ0v) is 22.7. The van der Waals surface area contributed by atoms with E-state index in [-0.39, 0.29) is 29.2 Å². The van der Waals surface area contributed by atoms with Gasteiger partial charge in [0.25, 0.3) is 0 Å². The maximum atomic E-state index is 12.3. The summed E-state index contributed by atoms with van der Waals surface area (Å²) in [5, 5.41) is 17.3. The van der Waals surface area contributed by atoms with Gasteiger partial charge in [-0.3, -0.25) is 10.1 Å². The quantitative estimate of drug-likeness (QED) is 0.277. The third-order valence-electron chi connectivity index (χ3n) is 6.67. The number of nitrogens with one attached hydrogen (secondary N) is 1. The molecule has 39 heavy (non-hydrogen) atoms. The summed E-state index contributed by atoms with van der Waals surface area (Å²) in [4.78, 5) is 40.2. The zero-order valence-electron chi connectivity index (χ0n) is 22.7. The first kappa shape index (κ1) is 28.0. The number of piperidine rings is 1. The highest BCUT2D eigenvalue weighted by Crippen LogP contribution is 2.34. The van der Waals surface area contributed by atoms with Crippen molar-refractivity contribution in [2.45, 2.75) is 46.7 Å². The number of aromatic nitrogens is 2. The van der Waals surface area contributed by atoms with Crippen LogP contribution >= 0.6 is 0 Å². The highest BCUT2D eigenvalue weighted by atomic mass is 16.7. The van der Waals surface area contributed by atoms with Crippen LogP contribution in [-0.2, 0) is 22.7 Å². The fraction of sp³-hybridized carbons (Fsp3) is 0.414. The van der Waals surface area contributed by atoms with Crippen molar-refractivity contribution in [2.24, 2.45) is 11.3 Å². The zero-order chi connectivity index (χ0) is 27.8. The van der Waals surface area contributed by atoms with E-state index in [2.05, 4.69) is 15.3 Å². The number of carbonyl (C=O) groups excluding carboxylic acids is 1. The van der Waals surface area contributed by atoms with Gasteiger partial charge in [0.1, 0.15) is 6.33 Å². The summed E-state index contributed by atoms with van der Waals surface area (Å²) in [6.45, 7) is 8.16. The molecule has 0 saturated carbocycles. The highest BCUT2D eigenvalue weighted by molar-refractivity contribution is 5.75. The van der Waals surface area contributed by atoms with Gasteiger partial charge in [0.05, 0.1) is 10.3 Å². The van der Waals surface area contributed by atoms with E-state index in [0.717, 1.165) is 24.0 Å². The first-order valence-electron chi connectivity index (χ1n) is 13.2. The van der Waals surface area contributed by atoms with Crippen molar-refractivity contribution in [1.29, 1.82) is 0 Å². The average Bonchev–Trinajstić information content (AvgIpc) is 2.92. The lowest BCUT2D eigenvalue weighted by Crippen LogP contribution is -2.40. The molecule has 1 aliphatic rings. The summed E-state index contributed by atoms with van der Waals surface area (Å²) in [6, 6.07) is 19.7. The summed E-state index contributed by atoms with van der Waals surface area (Å²) in [5.41, 5.74) is 1.35. The Morgan fingerprint density at radius 1 is 1.03 bits per heavy atom. The molecule has 2 aromatic carbocycles. The summed E-state index contributed by atoms with van der Waals surface area (Å²) in [5.74, 6) is 0.489. The van der Waals surface area contributed by atoms with Crippen molar-refractivity contribution in [2.75, 3.05) is 29.9 Å². The Morgan fingerprint density at radius 3 is 2.10 bits per heavy atom. The van der Waals surface area contributed by atoms with Gasteiger partial charge in [0.2, 0.25) is 11.6 Å². The molecule has 206 valence electrons. The van der Waals surface area contributed by atoms with Gasteiger partial charge in [-0.25, -0.2) is 14.8 Å². The van der Waals surface area contributed by atoms with E-state index >= 15 is 0 Å². The van der Waals surface area contributed by atoms with Gasteiger partial charge < -0.3 is 15.1 Å². The molecule has 0 aliphatic carbocycles. The second-order valence-corrected chi connectivity index (χ2v) is 10.9. The van der Waals surface area contributed by atoms with E-state index in [1.165, 1.54) is 6.33 Å². The van der Waals surface area contributed by atoms with Crippen molar-refractivity contribution in [3.63, 3.8) is 0 Å². The molecule has 0 radical (unpaired) electrons. The van der Waals surface area contributed by atoms with E-state index in [9.17, 15) is 14.9 Å². The molecule has 10 nitrogen and oxygen atoms in total. The van der Waals surface area contributed by atoms with Crippen LogP contribution in [0.25, 0.3) is 0 Å². The van der Waals surface area contributed by atoms with Crippen molar-refractivity contribution in [3.8, 4) is 0 Å². The molecule has 4 rings (SSSR count). The lowest BCUT2D eigenvalue weighted by molar-refractivity contribution is -0.383. The molecule has 0 unspecified atom stereocenters. The summed E-state index contributed by atoms with van der Waals surface area (Å²) in [7, 11) is 0. The summed E-state index contributed by atoms with van der Waals surface area (Å²) in [6.07, 6.45) is 2.97. The minimum absolute atomic E-state index is 0.138. The molecule has 1 aliphatic heterocycles. The lowest BCUT2D eigenvalue weighted by atomic mass is 9.97. The minimum Gasteiger partial charge on any atom is -0.367 e. The minimum atomic E-state index is -0.559. The first-order valence-corrected chi connectivity index (χ1v) is 13.2. The third kappa shape index (κ3) is 7.73. The predicted molar refractivity (Wildman–Crippen MR) is 150 cm³/mol. The van der Waals surface area contributed by atoms with E-state index in [0.29, 0.717) is 32.7 Å². The van der Waals surface area contributed by atoms with E-state index < -0.39 is 10.3 Å². The van der Waals surface area contributed by atoms with Gasteiger partial charge in [0, 0.05) is 32.7 Å². The van der Waals surface area contributed by atoms with Gasteiger partial charge in [0.15, 0.2) is 0 Å². The third-order valence-corrected chi connectivity index (χ3v) is 6.67. The van der Waals surface area contributed by atoms with Crippen LogP contribution < -0.4 is 10.2 Å². The fourth-order valence-corrected chi connectivity index (χ4v) is 4.41. The normalized spacial score (nSPS) is 14.5. The number of nitrogens with zero attached hydrogens (tertiary/aromatic N) is 5. The van der Waals surface area contributed by atoms with Crippen molar-refractivity contribution < 1.29 is 14.6 Å². The molecule has 0 bridgehead atoms. The maximum Gasteiger partial charge on any atom is 0.353 e. The van der Waals surface area contributed by atoms with Crippen LogP contribution in [0.5, 0.6) is 0 Å². The van der Waals surface area contributed by atoms with Crippen LogP contribution in [0.2, 0.25) is 0 Å². The van der Waals surface area contributed by atoms with Crippen LogP contribution in [0, 0.1) is 21.4 Å². The summed E-state index contributed by atoms with van der Waals surface area (Å²) < 4.78 is 0. The number of nitro groups is 1. The van der Waals surface area contributed by atoms with Crippen molar-refractivity contribution in [3.05, 3.63) is 88.2 Å². The largest absolute Gasteiger partial charge is 0.367 e. The Bertz CT molecular complexity index is 1200. The molecular weight excluding hydrogens is 496 g/mol. The van der Waals surface area contributed by atoms with Gasteiger partial charge in [-0.15, -0.1) is 5.06 Å². The van der Waals surface area contributed by atoms with Gasteiger partial charge in [-0.2, -0.15) is 0 Å². The Balaban J connectivity index is 1.48. The number of rotatable bonds is 10. The molecule has 1 saturated heterocycles. The molecule has 3 aromatic rings. The molecule has 0 atom stereocenters. The van der Waals surface area contributed by atoms with Crippen LogP contribution in [0.4, 0.5) is 17.3 Å². The predicted octanol–water partition coefficient (Wildman–Crippen LogP) is 5.22. The van der Waals surface area contributed by atoms with Crippen LogP contribution in [0.1, 0.15) is 44.7 Å². The maximum absolute atomic E-state index is 12.3. The summed E-state index contributed by atoms with van der Waals surface area (Å²) >= 11 is 0. The van der Waals surface area contributed by atoms with Crippen LogP contribution in [0.15, 0.2) is 67.0 Å². The second-order valence-electron chi connectivity index (χ2n) is 10.9. The SMILES string of the molecule is CC(C)(C)C(=O)ON1CCC(CNc2ncnc(N(Cc3ccccc3)Cc3ccccc3)c2[N+](=O)[O-])CC1. The van der Waals surface area contributed by atoms with Gasteiger partial charge in [-0.05, 0) is 50.7 Å². The molecule has 0 spiro atoms. The number of anilines is 2. The number of hydroxylamine groups is 2. The molecule has 0 amide bonds. The fourth-order valence-electron chi connectivity index (χ4n) is 4.41. The van der Waals surface area contributed by atoms with Gasteiger partial charge >= 0.3 is 11.7 Å². The Morgan fingerprint density at radius 2 is 1.59 bits per heavy atom. The van der Waals surface area contributed by atoms with Crippen LogP contribution in [-0.4, -0.2) is 45.6 Å². The molecular formula is C29H36N6O4. The molecule has 2 heterocycles. The smallest absolute Gasteiger partial charge is 0.353 e. The highest BCUT2D eigenvalue weighted by Gasteiger charge is 2.30. The molecule has 1 fully saturated rings. The average molecular weight is 533 g/mol. The van der Waals surface area contributed by atoms with Crippen molar-refractivity contribution in [1.82, 2.24) is 15.0 Å². The molecule has 1 N–H and O–H groups in total.